The quantitative estimate of drug-likeness (QED) is 0.507. The predicted molar refractivity (Wildman–Crippen MR) is 116 cm³/mol. The number of para-hydroxylation sites is 1. The van der Waals surface area contributed by atoms with Gasteiger partial charge in [-0.3, -0.25) is 9.59 Å². The number of urea groups is 1. The van der Waals surface area contributed by atoms with Crippen LogP contribution in [0.15, 0.2) is 54.7 Å². The molecule has 1 atom stereocenters. The number of imide groups is 1. The van der Waals surface area contributed by atoms with Gasteiger partial charge >= 0.3 is 6.03 Å². The van der Waals surface area contributed by atoms with E-state index in [9.17, 15) is 14.4 Å². The van der Waals surface area contributed by atoms with Crippen molar-refractivity contribution in [2.45, 2.75) is 25.3 Å². The van der Waals surface area contributed by atoms with Crippen molar-refractivity contribution in [1.82, 2.24) is 15.6 Å². The van der Waals surface area contributed by atoms with E-state index in [4.69, 9.17) is 11.6 Å². The highest BCUT2D eigenvalue weighted by Crippen LogP contribution is 2.23. The molecule has 3 N–H and O–H groups in total. The number of amides is 4. The number of fused-ring (bicyclic) bond motifs is 1. The summed E-state index contributed by atoms with van der Waals surface area (Å²) < 4.78 is 0. The Labute approximate surface area is 178 Å². The maximum absolute atomic E-state index is 12.5. The van der Waals surface area contributed by atoms with Gasteiger partial charge in [-0.1, -0.05) is 29.8 Å². The molecule has 3 aromatic rings. The number of aromatic nitrogens is 1. The lowest BCUT2D eigenvalue weighted by atomic mass is 10.1. The van der Waals surface area contributed by atoms with Crippen LogP contribution >= 0.6 is 11.6 Å². The zero-order valence-electron chi connectivity index (χ0n) is 16.2. The van der Waals surface area contributed by atoms with E-state index in [0.717, 1.165) is 21.4 Å². The van der Waals surface area contributed by atoms with Crippen LogP contribution in [-0.2, 0) is 16.0 Å². The number of anilines is 1. The van der Waals surface area contributed by atoms with Crippen LogP contribution in [0.4, 0.5) is 10.5 Å². The Morgan fingerprint density at radius 2 is 1.93 bits per heavy atom. The van der Waals surface area contributed by atoms with Crippen molar-refractivity contribution in [1.29, 1.82) is 0 Å². The van der Waals surface area contributed by atoms with Crippen molar-refractivity contribution < 1.29 is 14.4 Å². The highest BCUT2D eigenvalue weighted by Gasteiger charge is 2.38. The fourth-order valence-electron chi connectivity index (χ4n) is 3.61. The van der Waals surface area contributed by atoms with Crippen molar-refractivity contribution in [2.75, 3.05) is 11.4 Å². The van der Waals surface area contributed by atoms with E-state index in [0.29, 0.717) is 23.7 Å². The molecule has 30 heavy (non-hydrogen) atoms. The van der Waals surface area contributed by atoms with Gasteiger partial charge < -0.3 is 15.6 Å². The minimum Gasteiger partial charge on any atom is -0.361 e. The Morgan fingerprint density at radius 3 is 2.73 bits per heavy atom. The zero-order chi connectivity index (χ0) is 21.1. The number of carbonyl (C=O) groups excluding carboxylic acids is 3. The molecule has 1 aliphatic heterocycles. The number of nitrogens with one attached hydrogen (secondary N) is 3. The molecule has 0 aliphatic carbocycles. The highest BCUT2D eigenvalue weighted by molar-refractivity contribution is 6.31. The molecule has 1 aliphatic rings. The molecule has 1 unspecified atom stereocenters. The van der Waals surface area contributed by atoms with Gasteiger partial charge in [0.2, 0.25) is 5.91 Å². The van der Waals surface area contributed by atoms with Gasteiger partial charge in [-0.25, -0.2) is 9.69 Å². The Bertz CT molecular complexity index is 1100. The number of carbonyl (C=O) groups is 3. The van der Waals surface area contributed by atoms with Crippen molar-refractivity contribution in [3.8, 4) is 0 Å². The van der Waals surface area contributed by atoms with E-state index in [2.05, 4.69) is 15.6 Å². The number of aromatic amines is 1. The fourth-order valence-corrected chi connectivity index (χ4v) is 3.78. The average molecular weight is 425 g/mol. The first-order valence-electron chi connectivity index (χ1n) is 9.74. The van der Waals surface area contributed by atoms with Gasteiger partial charge in [0.1, 0.15) is 6.04 Å². The Kier molecular flexibility index (Phi) is 5.72. The molecule has 0 bridgehead atoms. The van der Waals surface area contributed by atoms with Gasteiger partial charge in [0.05, 0.1) is 5.69 Å². The van der Waals surface area contributed by atoms with Crippen LogP contribution in [-0.4, -0.2) is 35.4 Å². The molecule has 0 spiro atoms. The molecular weight excluding hydrogens is 404 g/mol. The number of halogens is 1. The second kappa shape index (κ2) is 8.59. The van der Waals surface area contributed by atoms with Gasteiger partial charge in [0.25, 0.3) is 5.91 Å². The number of H-pyrrole nitrogens is 1. The standard InChI is InChI=1S/C22H21ClN4O3/c23-15-6-7-18-17(12-15)14(13-25-18)10-11-24-20(28)9-8-19-21(29)27(22(30)26-19)16-4-2-1-3-5-16/h1-7,12-13,19,25H,8-11H2,(H,24,28)(H,26,30). The number of hydrogen-bond donors (Lipinski definition) is 3. The number of benzene rings is 2. The van der Waals surface area contributed by atoms with Gasteiger partial charge in [0.15, 0.2) is 0 Å². The highest BCUT2D eigenvalue weighted by atomic mass is 35.5. The smallest absolute Gasteiger partial charge is 0.329 e. The number of hydrogen-bond acceptors (Lipinski definition) is 3. The lowest BCUT2D eigenvalue weighted by molar-refractivity contribution is -0.121. The summed E-state index contributed by atoms with van der Waals surface area (Å²) in [4.78, 5) is 41.2. The third kappa shape index (κ3) is 4.16. The minimum atomic E-state index is -0.695. The molecule has 2 heterocycles. The molecule has 1 aromatic heterocycles. The van der Waals surface area contributed by atoms with Crippen molar-refractivity contribution in [3.05, 3.63) is 65.3 Å². The molecule has 0 radical (unpaired) electrons. The molecule has 4 rings (SSSR count). The van der Waals surface area contributed by atoms with E-state index in [1.165, 1.54) is 0 Å². The summed E-state index contributed by atoms with van der Waals surface area (Å²) in [6.45, 7) is 0.472. The van der Waals surface area contributed by atoms with Gasteiger partial charge in [-0.2, -0.15) is 0 Å². The van der Waals surface area contributed by atoms with Crippen LogP contribution in [0, 0.1) is 0 Å². The van der Waals surface area contributed by atoms with Gasteiger partial charge in [-0.05, 0) is 48.7 Å². The third-order valence-corrected chi connectivity index (χ3v) is 5.37. The monoisotopic (exact) mass is 424 g/mol. The Balaban J connectivity index is 1.26. The first kappa shape index (κ1) is 20.0. The topological polar surface area (TPSA) is 94.3 Å². The fraction of sp³-hybridized carbons (Fsp3) is 0.227. The molecule has 1 saturated heterocycles. The van der Waals surface area contributed by atoms with Crippen LogP contribution in [0.5, 0.6) is 0 Å². The van der Waals surface area contributed by atoms with Crippen molar-refractivity contribution in [3.63, 3.8) is 0 Å². The largest absolute Gasteiger partial charge is 0.361 e. The molecule has 7 nitrogen and oxygen atoms in total. The van der Waals surface area contributed by atoms with E-state index in [1.54, 1.807) is 24.3 Å². The maximum atomic E-state index is 12.5. The molecular formula is C22H21ClN4O3. The first-order valence-corrected chi connectivity index (χ1v) is 10.1. The lowest BCUT2D eigenvalue weighted by Crippen LogP contribution is -2.33. The third-order valence-electron chi connectivity index (χ3n) is 5.14. The summed E-state index contributed by atoms with van der Waals surface area (Å²) in [6, 6.07) is 13.2. The summed E-state index contributed by atoms with van der Waals surface area (Å²) in [5.74, 6) is -0.497. The predicted octanol–water partition coefficient (Wildman–Crippen LogP) is 3.39. The summed E-state index contributed by atoms with van der Waals surface area (Å²) in [6.07, 6.45) is 2.98. The average Bonchev–Trinajstić information content (AvgIpc) is 3.26. The van der Waals surface area contributed by atoms with Crippen LogP contribution in [0.25, 0.3) is 10.9 Å². The SMILES string of the molecule is O=C(CCC1NC(=O)N(c2ccccc2)C1=O)NCCc1c[nH]c2ccc(Cl)cc12. The molecule has 8 heteroatoms. The second-order valence-electron chi connectivity index (χ2n) is 7.15. The van der Waals surface area contributed by atoms with Crippen LogP contribution in [0.3, 0.4) is 0 Å². The van der Waals surface area contributed by atoms with Crippen LogP contribution < -0.4 is 15.5 Å². The Morgan fingerprint density at radius 1 is 1.13 bits per heavy atom. The minimum absolute atomic E-state index is 0.152. The molecule has 0 saturated carbocycles. The second-order valence-corrected chi connectivity index (χ2v) is 7.59. The zero-order valence-corrected chi connectivity index (χ0v) is 16.9. The van der Waals surface area contributed by atoms with Crippen LogP contribution in [0.1, 0.15) is 18.4 Å². The molecule has 1 fully saturated rings. The van der Waals surface area contributed by atoms with E-state index < -0.39 is 12.1 Å². The van der Waals surface area contributed by atoms with E-state index >= 15 is 0 Å². The van der Waals surface area contributed by atoms with Crippen molar-refractivity contribution >= 4 is 46.0 Å². The lowest BCUT2D eigenvalue weighted by Gasteiger charge is -2.12. The number of rotatable bonds is 7. The van der Waals surface area contributed by atoms with Gasteiger partial charge in [-0.15, -0.1) is 0 Å². The van der Waals surface area contributed by atoms with E-state index in [-0.39, 0.29) is 24.7 Å². The molecule has 4 amide bonds. The summed E-state index contributed by atoms with van der Waals surface area (Å²) in [7, 11) is 0. The van der Waals surface area contributed by atoms with Crippen molar-refractivity contribution in [2.24, 2.45) is 0 Å². The van der Waals surface area contributed by atoms with E-state index in [1.807, 2.05) is 30.5 Å². The summed E-state index contributed by atoms with van der Waals surface area (Å²) in [5.41, 5.74) is 2.59. The first-order chi connectivity index (χ1) is 14.5. The molecule has 2 aromatic carbocycles. The summed E-state index contributed by atoms with van der Waals surface area (Å²) >= 11 is 6.06. The van der Waals surface area contributed by atoms with Crippen LogP contribution in [0.2, 0.25) is 5.02 Å². The maximum Gasteiger partial charge on any atom is 0.329 e. The normalized spacial score (nSPS) is 16.2. The Hall–Kier alpha value is -3.32. The molecule has 154 valence electrons. The van der Waals surface area contributed by atoms with Gasteiger partial charge in [0, 0.05) is 35.1 Å². The number of nitrogens with zero attached hydrogens (tertiary/aromatic N) is 1. The summed E-state index contributed by atoms with van der Waals surface area (Å²) in [5, 5.41) is 7.23.